The Labute approximate surface area is 101 Å². The van der Waals surface area contributed by atoms with Crippen molar-refractivity contribution in [2.75, 3.05) is 26.8 Å². The first-order valence-electron chi connectivity index (χ1n) is 5.56. The molecule has 0 atom stereocenters. The van der Waals surface area contributed by atoms with E-state index in [4.69, 9.17) is 9.26 Å². The van der Waals surface area contributed by atoms with Crippen LogP contribution < -0.4 is 10.6 Å². The number of nitrogens with one attached hydrogen (secondary N) is 2. The molecule has 1 aromatic rings. The van der Waals surface area contributed by atoms with Gasteiger partial charge in [-0.3, -0.25) is 0 Å². The lowest BCUT2D eigenvalue weighted by atomic mass is 10.6. The van der Waals surface area contributed by atoms with Crippen molar-refractivity contribution in [3.8, 4) is 0 Å². The number of nitrogens with zero attached hydrogens (tertiary/aromatic N) is 3. The Hall–Kier alpha value is -1.63. The Morgan fingerprint density at radius 2 is 2.29 bits per heavy atom. The molecule has 0 aliphatic rings. The van der Waals surface area contributed by atoms with Crippen molar-refractivity contribution >= 4 is 5.96 Å². The van der Waals surface area contributed by atoms with Gasteiger partial charge in [-0.25, -0.2) is 4.99 Å². The van der Waals surface area contributed by atoms with Crippen LogP contribution in [0.5, 0.6) is 0 Å². The van der Waals surface area contributed by atoms with Crippen molar-refractivity contribution in [2.24, 2.45) is 4.99 Å². The second-order valence-corrected chi connectivity index (χ2v) is 3.35. The fourth-order valence-electron chi connectivity index (χ4n) is 1.16. The molecule has 0 spiro atoms. The van der Waals surface area contributed by atoms with Gasteiger partial charge < -0.3 is 19.9 Å². The molecule has 0 aromatic carbocycles. The van der Waals surface area contributed by atoms with E-state index in [9.17, 15) is 0 Å². The molecule has 96 valence electrons. The molecule has 1 aromatic heterocycles. The van der Waals surface area contributed by atoms with Crippen molar-refractivity contribution in [1.29, 1.82) is 0 Å². The summed E-state index contributed by atoms with van der Waals surface area (Å²) in [5, 5.41) is 9.93. The lowest BCUT2D eigenvalue weighted by Gasteiger charge is -2.09. The maximum atomic E-state index is 4.97. The molecule has 0 saturated heterocycles. The van der Waals surface area contributed by atoms with Gasteiger partial charge in [-0.2, -0.15) is 4.98 Å². The highest BCUT2D eigenvalue weighted by atomic mass is 16.5. The van der Waals surface area contributed by atoms with E-state index in [1.807, 2.05) is 6.92 Å². The Kier molecular flexibility index (Phi) is 6.02. The fourth-order valence-corrected chi connectivity index (χ4v) is 1.16. The van der Waals surface area contributed by atoms with Crippen LogP contribution in [-0.2, 0) is 11.3 Å². The van der Waals surface area contributed by atoms with Crippen LogP contribution >= 0.6 is 0 Å². The first-order valence-corrected chi connectivity index (χ1v) is 5.56. The minimum Gasteiger partial charge on any atom is -0.383 e. The molecule has 7 heteroatoms. The molecular formula is C10H19N5O2. The molecule has 0 fully saturated rings. The summed E-state index contributed by atoms with van der Waals surface area (Å²) in [6, 6.07) is 0. The van der Waals surface area contributed by atoms with Crippen LogP contribution in [0.1, 0.15) is 18.6 Å². The zero-order valence-corrected chi connectivity index (χ0v) is 10.5. The summed E-state index contributed by atoms with van der Waals surface area (Å²) >= 11 is 0. The normalized spacial score (nSPS) is 11.6. The van der Waals surface area contributed by atoms with E-state index in [1.165, 1.54) is 0 Å². The van der Waals surface area contributed by atoms with Gasteiger partial charge >= 0.3 is 0 Å². The molecule has 0 bridgehead atoms. The van der Waals surface area contributed by atoms with E-state index >= 15 is 0 Å². The number of methoxy groups -OCH3 is 1. The minimum absolute atomic E-state index is 0.364. The summed E-state index contributed by atoms with van der Waals surface area (Å²) in [4.78, 5) is 8.39. The zero-order chi connectivity index (χ0) is 12.5. The van der Waals surface area contributed by atoms with Crippen LogP contribution in [0, 0.1) is 6.92 Å². The van der Waals surface area contributed by atoms with Gasteiger partial charge in [0, 0.05) is 20.2 Å². The summed E-state index contributed by atoms with van der Waals surface area (Å²) in [6.07, 6.45) is 0. The first-order chi connectivity index (χ1) is 8.26. The average Bonchev–Trinajstić information content (AvgIpc) is 2.72. The van der Waals surface area contributed by atoms with E-state index in [-0.39, 0.29) is 0 Å². The van der Waals surface area contributed by atoms with Crippen LogP contribution in [0.2, 0.25) is 0 Å². The zero-order valence-electron chi connectivity index (χ0n) is 10.5. The molecule has 0 aliphatic heterocycles. The molecule has 1 heterocycles. The highest BCUT2D eigenvalue weighted by molar-refractivity contribution is 5.79. The van der Waals surface area contributed by atoms with Gasteiger partial charge in [0.15, 0.2) is 11.8 Å². The Bertz CT molecular complexity index is 350. The Morgan fingerprint density at radius 3 is 2.88 bits per heavy atom. The SMILES string of the molecule is CCNC(=NCc1nc(C)no1)NCCOC. The molecule has 0 saturated carbocycles. The van der Waals surface area contributed by atoms with E-state index in [0.717, 1.165) is 6.54 Å². The van der Waals surface area contributed by atoms with Crippen LogP contribution in [0.25, 0.3) is 0 Å². The molecule has 1 rings (SSSR count). The highest BCUT2D eigenvalue weighted by Crippen LogP contribution is 1.97. The molecule has 7 nitrogen and oxygen atoms in total. The van der Waals surface area contributed by atoms with Crippen molar-refractivity contribution < 1.29 is 9.26 Å². The fraction of sp³-hybridized carbons (Fsp3) is 0.700. The van der Waals surface area contributed by atoms with E-state index < -0.39 is 0 Å². The summed E-state index contributed by atoms with van der Waals surface area (Å²) in [6.45, 7) is 6.27. The third-order valence-corrected chi connectivity index (χ3v) is 1.88. The van der Waals surface area contributed by atoms with Gasteiger partial charge in [-0.05, 0) is 13.8 Å². The number of aromatic nitrogens is 2. The predicted octanol–water partition coefficient (Wildman–Crippen LogP) is 0.0795. The van der Waals surface area contributed by atoms with Crippen LogP contribution in [0.15, 0.2) is 9.52 Å². The van der Waals surface area contributed by atoms with Gasteiger partial charge in [0.2, 0.25) is 5.89 Å². The smallest absolute Gasteiger partial charge is 0.248 e. The summed E-state index contributed by atoms with van der Waals surface area (Å²) < 4.78 is 9.92. The van der Waals surface area contributed by atoms with Gasteiger partial charge in [0.05, 0.1) is 6.61 Å². The third kappa shape index (κ3) is 5.30. The Balaban J connectivity index is 2.44. The Morgan fingerprint density at radius 1 is 1.47 bits per heavy atom. The third-order valence-electron chi connectivity index (χ3n) is 1.88. The molecule has 0 aliphatic carbocycles. The second-order valence-electron chi connectivity index (χ2n) is 3.35. The summed E-state index contributed by atoms with van der Waals surface area (Å²) in [7, 11) is 1.66. The topological polar surface area (TPSA) is 84.6 Å². The van der Waals surface area contributed by atoms with Crippen molar-refractivity contribution in [3.63, 3.8) is 0 Å². The van der Waals surface area contributed by atoms with E-state index in [0.29, 0.717) is 37.4 Å². The first kappa shape index (κ1) is 13.4. The van der Waals surface area contributed by atoms with Crippen molar-refractivity contribution in [3.05, 3.63) is 11.7 Å². The number of ether oxygens (including phenoxy) is 1. The number of guanidine groups is 1. The van der Waals surface area contributed by atoms with E-state index in [2.05, 4.69) is 25.8 Å². The monoisotopic (exact) mass is 241 g/mol. The average molecular weight is 241 g/mol. The number of aliphatic imine (C=N–C) groups is 1. The number of hydrogen-bond donors (Lipinski definition) is 2. The second kappa shape index (κ2) is 7.61. The number of hydrogen-bond acceptors (Lipinski definition) is 5. The molecule has 0 radical (unpaired) electrons. The van der Waals surface area contributed by atoms with Gasteiger partial charge in [0.1, 0.15) is 6.54 Å². The van der Waals surface area contributed by atoms with Crippen molar-refractivity contribution in [1.82, 2.24) is 20.8 Å². The summed E-state index contributed by atoms with van der Waals surface area (Å²) in [5.41, 5.74) is 0. The lowest BCUT2D eigenvalue weighted by molar-refractivity contribution is 0.203. The van der Waals surface area contributed by atoms with Gasteiger partial charge in [0.25, 0.3) is 0 Å². The molecular weight excluding hydrogens is 222 g/mol. The van der Waals surface area contributed by atoms with Crippen LogP contribution in [-0.4, -0.2) is 42.9 Å². The number of rotatable bonds is 6. The quantitative estimate of drug-likeness (QED) is 0.417. The highest BCUT2D eigenvalue weighted by Gasteiger charge is 2.02. The molecule has 0 unspecified atom stereocenters. The molecule has 2 N–H and O–H groups in total. The lowest BCUT2D eigenvalue weighted by Crippen LogP contribution is -2.38. The standard InChI is InChI=1S/C10H19N5O2/c1-4-11-10(12-5-6-16-3)13-7-9-14-8(2)15-17-9/h4-7H2,1-3H3,(H2,11,12,13). The summed E-state index contributed by atoms with van der Waals surface area (Å²) in [5.74, 6) is 1.83. The maximum absolute atomic E-state index is 4.97. The largest absolute Gasteiger partial charge is 0.383 e. The van der Waals surface area contributed by atoms with Crippen LogP contribution in [0.3, 0.4) is 0 Å². The minimum atomic E-state index is 0.364. The van der Waals surface area contributed by atoms with Gasteiger partial charge in [-0.1, -0.05) is 5.16 Å². The number of aryl methyl sites for hydroxylation is 1. The van der Waals surface area contributed by atoms with Crippen molar-refractivity contribution in [2.45, 2.75) is 20.4 Å². The van der Waals surface area contributed by atoms with E-state index in [1.54, 1.807) is 14.0 Å². The predicted molar refractivity (Wildman–Crippen MR) is 63.7 cm³/mol. The van der Waals surface area contributed by atoms with Gasteiger partial charge in [-0.15, -0.1) is 0 Å². The molecule has 17 heavy (non-hydrogen) atoms. The maximum Gasteiger partial charge on any atom is 0.248 e. The molecule has 0 amide bonds. The van der Waals surface area contributed by atoms with Crippen LogP contribution in [0.4, 0.5) is 0 Å².